The molecule has 114 valence electrons. The van der Waals surface area contributed by atoms with Crippen LogP contribution in [0, 0.1) is 0 Å². The Balaban J connectivity index is 2.27. The Morgan fingerprint density at radius 2 is 2.43 bits per heavy atom. The van der Waals surface area contributed by atoms with Gasteiger partial charge in [0, 0.05) is 6.42 Å². The van der Waals surface area contributed by atoms with Crippen molar-refractivity contribution in [2.24, 2.45) is 0 Å². The molecule has 1 aliphatic rings. The number of hydrogen-bond donors (Lipinski definition) is 3. The zero-order chi connectivity index (χ0) is 15.2. The molecule has 1 fully saturated rings. The lowest BCUT2D eigenvalue weighted by Gasteiger charge is -2.26. The predicted octanol–water partition coefficient (Wildman–Crippen LogP) is -0.475. The molecule has 0 saturated carbocycles. The molecule has 0 unspecified atom stereocenters. The van der Waals surface area contributed by atoms with Gasteiger partial charge >= 0.3 is 4.87 Å². The molecule has 8 nitrogen and oxygen atoms in total. The first-order chi connectivity index (χ1) is 10.0. The highest BCUT2D eigenvalue weighted by Gasteiger charge is 2.43. The van der Waals surface area contributed by atoms with E-state index in [1.165, 1.54) is 16.3 Å². The zero-order valence-corrected chi connectivity index (χ0v) is 12.8. The molecule has 0 amide bonds. The van der Waals surface area contributed by atoms with E-state index in [1.807, 2.05) is 6.26 Å². The molecule has 2 aromatic rings. The Morgan fingerprint density at radius 1 is 1.67 bits per heavy atom. The Bertz CT molecular complexity index is 798. The van der Waals surface area contributed by atoms with Gasteiger partial charge in [0.1, 0.15) is 9.57 Å². The minimum atomic E-state index is -0.685. The lowest BCUT2D eigenvalue weighted by Crippen LogP contribution is -2.37. The first kappa shape index (κ1) is 14.6. The summed E-state index contributed by atoms with van der Waals surface area (Å²) < 4.78 is 7.24. The number of thioether (sulfide) groups is 1. The lowest BCUT2D eigenvalue weighted by molar-refractivity contribution is 0.0567. The van der Waals surface area contributed by atoms with Crippen LogP contribution in [0.25, 0.3) is 10.3 Å². The third-order valence-corrected chi connectivity index (χ3v) is 5.70. The summed E-state index contributed by atoms with van der Waals surface area (Å²) in [6, 6.07) is 0. The van der Waals surface area contributed by atoms with Gasteiger partial charge in [0.2, 0.25) is 5.95 Å². The lowest BCUT2D eigenvalue weighted by atomic mass is 10.1. The fraction of sp³-hybridized carbons (Fsp3) is 0.545. The fourth-order valence-corrected chi connectivity index (χ4v) is 4.37. The van der Waals surface area contributed by atoms with Crippen molar-refractivity contribution in [2.75, 3.05) is 25.2 Å². The van der Waals surface area contributed by atoms with Crippen molar-refractivity contribution < 1.29 is 9.84 Å². The van der Waals surface area contributed by atoms with Crippen molar-refractivity contribution in [2.45, 2.75) is 17.4 Å². The highest BCUT2D eigenvalue weighted by atomic mass is 32.2. The molecule has 3 heterocycles. The summed E-state index contributed by atoms with van der Waals surface area (Å²) >= 11 is 2.28. The first-order valence-electron chi connectivity index (χ1n) is 6.20. The number of nitrogens with zero attached hydrogens (tertiary/aromatic N) is 2. The smallest absolute Gasteiger partial charge is 0.310 e. The Kier molecular flexibility index (Phi) is 3.56. The number of aliphatic hydroxyl groups is 1. The first-order valence-corrected chi connectivity index (χ1v) is 8.24. The van der Waals surface area contributed by atoms with Crippen LogP contribution in [-0.4, -0.2) is 45.2 Å². The second-order valence-electron chi connectivity index (χ2n) is 4.78. The molecule has 0 spiro atoms. The predicted molar refractivity (Wildman–Crippen MR) is 81.8 cm³/mol. The topological polar surface area (TPSA) is 123 Å². The normalized spacial score (nSPS) is 25.7. The fourth-order valence-electron chi connectivity index (χ4n) is 2.52. The summed E-state index contributed by atoms with van der Waals surface area (Å²) in [5, 5.41) is 9.25. The largest absolute Gasteiger partial charge is 0.394 e. The Hall–Kier alpha value is -1.36. The molecule has 3 rings (SSSR count). The monoisotopic (exact) mass is 330 g/mol. The van der Waals surface area contributed by atoms with Crippen LogP contribution in [0.5, 0.6) is 0 Å². The minimum absolute atomic E-state index is 0.0343. The number of thiazole rings is 1. The molecule has 4 N–H and O–H groups in total. The van der Waals surface area contributed by atoms with Gasteiger partial charge in [0.25, 0.3) is 5.56 Å². The summed E-state index contributed by atoms with van der Waals surface area (Å²) in [4.78, 5) is 29.8. The van der Waals surface area contributed by atoms with Crippen molar-refractivity contribution >= 4 is 39.4 Å². The standard InChI is InChI=1S/C11H14N4O4S2/c1-20-11(2-5(3-16)19-4-11)15-7-6(21-10(15)18)8(17)14-9(12)13-7/h5,16H,2-4H2,1H3,(H3,12,13,14,17)/t5-,11-/m0/s1. The Labute approximate surface area is 126 Å². The molecule has 2 atom stereocenters. The van der Waals surface area contributed by atoms with Crippen LogP contribution in [0.3, 0.4) is 0 Å². The summed E-state index contributed by atoms with van der Waals surface area (Å²) in [5.74, 6) is -0.0343. The molecular formula is C11H14N4O4S2. The molecular weight excluding hydrogens is 316 g/mol. The number of nitrogens with one attached hydrogen (secondary N) is 1. The third kappa shape index (κ3) is 2.18. The van der Waals surface area contributed by atoms with Crippen molar-refractivity contribution in [3.05, 3.63) is 20.0 Å². The molecule has 1 aliphatic heterocycles. The summed E-state index contributed by atoms with van der Waals surface area (Å²) in [7, 11) is 0. The maximum absolute atomic E-state index is 12.4. The van der Waals surface area contributed by atoms with Gasteiger partial charge in [0.15, 0.2) is 5.65 Å². The summed E-state index contributed by atoms with van der Waals surface area (Å²) in [6.07, 6.45) is 1.99. The van der Waals surface area contributed by atoms with E-state index in [9.17, 15) is 14.7 Å². The highest BCUT2D eigenvalue weighted by molar-refractivity contribution is 7.99. The number of aliphatic hydroxyl groups excluding tert-OH is 1. The maximum atomic E-state index is 12.4. The van der Waals surface area contributed by atoms with Crippen molar-refractivity contribution in [1.29, 1.82) is 0 Å². The van der Waals surface area contributed by atoms with Crippen LogP contribution in [0.4, 0.5) is 5.95 Å². The molecule has 0 radical (unpaired) electrons. The minimum Gasteiger partial charge on any atom is -0.394 e. The van der Waals surface area contributed by atoms with E-state index in [1.54, 1.807) is 0 Å². The highest BCUT2D eigenvalue weighted by Crippen LogP contribution is 2.41. The van der Waals surface area contributed by atoms with E-state index in [0.29, 0.717) is 6.42 Å². The van der Waals surface area contributed by atoms with E-state index in [-0.39, 0.29) is 40.5 Å². The molecule has 0 aromatic carbocycles. The van der Waals surface area contributed by atoms with Gasteiger partial charge in [-0.3, -0.25) is 19.1 Å². The molecule has 1 saturated heterocycles. The molecule has 2 aromatic heterocycles. The van der Waals surface area contributed by atoms with Gasteiger partial charge in [-0.1, -0.05) is 11.3 Å². The number of hydrogen-bond acceptors (Lipinski definition) is 8. The van der Waals surface area contributed by atoms with Crippen LogP contribution in [0.2, 0.25) is 0 Å². The molecule has 0 bridgehead atoms. The van der Waals surface area contributed by atoms with Crippen LogP contribution < -0.4 is 16.2 Å². The maximum Gasteiger partial charge on any atom is 0.310 e. The van der Waals surface area contributed by atoms with Crippen LogP contribution in [-0.2, 0) is 9.61 Å². The van der Waals surface area contributed by atoms with E-state index in [0.717, 1.165) is 11.3 Å². The number of rotatable bonds is 3. The van der Waals surface area contributed by atoms with E-state index < -0.39 is 10.4 Å². The van der Waals surface area contributed by atoms with Crippen LogP contribution in [0.1, 0.15) is 6.42 Å². The number of fused-ring (bicyclic) bond motifs is 1. The average molecular weight is 330 g/mol. The number of H-pyrrole nitrogens is 1. The van der Waals surface area contributed by atoms with E-state index in [2.05, 4.69) is 9.97 Å². The third-order valence-electron chi connectivity index (χ3n) is 3.54. The number of nitrogens with two attached hydrogens (primary N) is 1. The van der Waals surface area contributed by atoms with Gasteiger partial charge in [-0.15, -0.1) is 11.8 Å². The SMILES string of the molecule is CS[C@]1(n2c(=O)sc3c(=O)[nH]c(N)nc32)CO[C@H](CO)C1. The van der Waals surface area contributed by atoms with E-state index >= 15 is 0 Å². The van der Waals surface area contributed by atoms with Crippen LogP contribution >= 0.6 is 23.1 Å². The quantitative estimate of drug-likeness (QED) is 0.695. The number of aromatic nitrogens is 3. The summed E-state index contributed by atoms with van der Waals surface area (Å²) in [5.41, 5.74) is 5.43. The van der Waals surface area contributed by atoms with Crippen molar-refractivity contribution in [3.8, 4) is 0 Å². The van der Waals surface area contributed by atoms with Gasteiger partial charge in [-0.05, 0) is 6.26 Å². The van der Waals surface area contributed by atoms with Gasteiger partial charge in [0.05, 0.1) is 19.3 Å². The van der Waals surface area contributed by atoms with Gasteiger partial charge in [-0.2, -0.15) is 4.98 Å². The van der Waals surface area contributed by atoms with Gasteiger partial charge < -0.3 is 15.6 Å². The van der Waals surface area contributed by atoms with Crippen LogP contribution in [0.15, 0.2) is 9.59 Å². The number of anilines is 1. The number of ether oxygens (including phenoxy) is 1. The van der Waals surface area contributed by atoms with Crippen molar-refractivity contribution in [1.82, 2.24) is 14.5 Å². The number of aromatic amines is 1. The second kappa shape index (κ2) is 5.13. The van der Waals surface area contributed by atoms with Gasteiger partial charge in [-0.25, -0.2) is 0 Å². The molecule has 10 heteroatoms. The molecule has 0 aliphatic carbocycles. The summed E-state index contributed by atoms with van der Waals surface area (Å²) in [6.45, 7) is 0.148. The Morgan fingerprint density at radius 3 is 3.05 bits per heavy atom. The average Bonchev–Trinajstić information content (AvgIpc) is 3.00. The second-order valence-corrected chi connectivity index (χ2v) is 6.91. The van der Waals surface area contributed by atoms with E-state index in [4.69, 9.17) is 10.5 Å². The molecule has 21 heavy (non-hydrogen) atoms. The van der Waals surface area contributed by atoms with Crippen molar-refractivity contribution in [3.63, 3.8) is 0 Å². The zero-order valence-electron chi connectivity index (χ0n) is 11.2. The number of nitrogen functional groups attached to an aromatic ring is 1.